The van der Waals surface area contributed by atoms with Crippen LogP contribution in [0.5, 0.6) is 5.19 Å². The summed E-state index contributed by atoms with van der Waals surface area (Å²) in [5, 5.41) is 11.7. The zero-order valence-electron chi connectivity index (χ0n) is 12.9. The van der Waals surface area contributed by atoms with Gasteiger partial charge in [-0.05, 0) is 47.6 Å². The van der Waals surface area contributed by atoms with E-state index in [0.29, 0.717) is 20.9 Å². The van der Waals surface area contributed by atoms with Crippen molar-refractivity contribution in [1.82, 2.24) is 15.2 Å². The van der Waals surface area contributed by atoms with Crippen molar-refractivity contribution in [3.05, 3.63) is 52.8 Å². The highest BCUT2D eigenvalue weighted by Gasteiger charge is 2.16. The second kappa shape index (κ2) is 6.94. The Kier molecular flexibility index (Phi) is 4.73. The molecule has 0 bridgehead atoms. The fourth-order valence-corrected chi connectivity index (χ4v) is 2.89. The number of hydrogen-bond acceptors (Lipinski definition) is 6. The Morgan fingerprint density at radius 3 is 2.83 bits per heavy atom. The monoisotopic (exact) mass is 360 g/mol. The minimum atomic E-state index is -0.323. The molecular formula is C16H13ClN4O2S. The molecule has 1 amide bonds. The minimum Gasteiger partial charge on any atom is -0.472 e. The number of anilines is 1. The summed E-state index contributed by atoms with van der Waals surface area (Å²) in [4.78, 5) is 16.8. The van der Waals surface area contributed by atoms with Crippen LogP contribution < -0.4 is 10.1 Å². The normalized spacial score (nSPS) is 10.5. The third kappa shape index (κ3) is 3.52. The number of carbonyl (C=O) groups is 1. The lowest BCUT2D eigenvalue weighted by Crippen LogP contribution is -2.13. The topological polar surface area (TPSA) is 77.0 Å². The molecule has 0 unspecified atom stereocenters. The maximum absolute atomic E-state index is 12.6. The number of nitrogens with zero attached hydrogens (tertiary/aromatic N) is 3. The van der Waals surface area contributed by atoms with Crippen LogP contribution in [0.3, 0.4) is 0 Å². The molecular weight excluding hydrogens is 348 g/mol. The van der Waals surface area contributed by atoms with Crippen LogP contribution in [-0.4, -0.2) is 28.2 Å². The molecule has 0 aliphatic carbocycles. The summed E-state index contributed by atoms with van der Waals surface area (Å²) in [7, 11) is 1.49. The number of benzene rings is 1. The summed E-state index contributed by atoms with van der Waals surface area (Å²) in [6.45, 7) is 1.87. The zero-order valence-corrected chi connectivity index (χ0v) is 14.5. The van der Waals surface area contributed by atoms with Crippen LogP contribution in [0.4, 0.5) is 5.13 Å². The fourth-order valence-electron chi connectivity index (χ4n) is 2.14. The molecule has 0 saturated heterocycles. The Hall–Kier alpha value is -2.51. The van der Waals surface area contributed by atoms with Gasteiger partial charge in [-0.2, -0.15) is 0 Å². The van der Waals surface area contributed by atoms with Crippen molar-refractivity contribution in [3.8, 4) is 16.3 Å². The van der Waals surface area contributed by atoms with E-state index in [1.54, 1.807) is 18.3 Å². The molecule has 3 aromatic rings. The van der Waals surface area contributed by atoms with Crippen molar-refractivity contribution in [2.75, 3.05) is 12.4 Å². The summed E-state index contributed by atoms with van der Waals surface area (Å²) in [6, 6.07) is 9.17. The number of methoxy groups -OCH3 is 1. The van der Waals surface area contributed by atoms with Crippen LogP contribution in [0.25, 0.3) is 11.1 Å². The quantitative estimate of drug-likeness (QED) is 0.765. The average Bonchev–Trinajstić information content (AvgIpc) is 3.02. The average molecular weight is 361 g/mol. The van der Waals surface area contributed by atoms with Crippen molar-refractivity contribution in [2.24, 2.45) is 0 Å². The molecule has 0 spiro atoms. The second-order valence-corrected chi connectivity index (χ2v) is 6.29. The molecule has 0 atom stereocenters. The first kappa shape index (κ1) is 16.4. The van der Waals surface area contributed by atoms with Gasteiger partial charge in [-0.15, -0.1) is 5.10 Å². The van der Waals surface area contributed by atoms with Gasteiger partial charge in [0.25, 0.3) is 11.1 Å². The molecule has 6 nitrogen and oxygen atoms in total. The maximum Gasteiger partial charge on any atom is 0.295 e. The van der Waals surface area contributed by atoms with E-state index in [1.807, 2.05) is 25.1 Å². The number of halogens is 1. The van der Waals surface area contributed by atoms with Gasteiger partial charge in [-0.3, -0.25) is 15.1 Å². The van der Waals surface area contributed by atoms with E-state index >= 15 is 0 Å². The molecule has 0 fully saturated rings. The lowest BCUT2D eigenvalue weighted by Gasteiger charge is -2.10. The van der Waals surface area contributed by atoms with Crippen molar-refractivity contribution < 1.29 is 9.53 Å². The number of rotatable bonds is 4. The molecule has 8 heteroatoms. The number of aryl methyl sites for hydroxylation is 1. The molecule has 0 aliphatic heterocycles. The number of pyridine rings is 1. The van der Waals surface area contributed by atoms with Gasteiger partial charge in [-0.25, -0.2) is 0 Å². The van der Waals surface area contributed by atoms with Gasteiger partial charge in [0.1, 0.15) is 0 Å². The standard InChI is InChI=1S/C16H13ClN4O2S/c1-9-6-12(10-4-3-5-11(17)7-10)13(8-18-9)14(22)19-15-20-21-16(23-2)24-15/h3-8H,1-2H3,(H,19,20,22). The molecule has 2 heterocycles. The fraction of sp³-hybridized carbons (Fsp3) is 0.125. The number of carbonyl (C=O) groups excluding carboxylic acids is 1. The zero-order chi connectivity index (χ0) is 17.1. The highest BCUT2D eigenvalue weighted by molar-refractivity contribution is 7.17. The Morgan fingerprint density at radius 1 is 1.29 bits per heavy atom. The van der Waals surface area contributed by atoms with Gasteiger partial charge in [0.15, 0.2) is 0 Å². The largest absolute Gasteiger partial charge is 0.472 e. The molecule has 0 saturated carbocycles. The van der Waals surface area contributed by atoms with Gasteiger partial charge < -0.3 is 4.74 Å². The number of aromatic nitrogens is 3. The van der Waals surface area contributed by atoms with Crippen LogP contribution >= 0.6 is 22.9 Å². The minimum absolute atomic E-state index is 0.323. The highest BCUT2D eigenvalue weighted by atomic mass is 35.5. The van der Waals surface area contributed by atoms with E-state index in [4.69, 9.17) is 16.3 Å². The second-order valence-electron chi connectivity index (χ2n) is 4.91. The van der Waals surface area contributed by atoms with Crippen LogP contribution in [-0.2, 0) is 0 Å². The van der Waals surface area contributed by atoms with E-state index in [9.17, 15) is 4.79 Å². The number of ether oxygens (including phenoxy) is 1. The smallest absolute Gasteiger partial charge is 0.295 e. The van der Waals surface area contributed by atoms with E-state index in [0.717, 1.165) is 28.2 Å². The molecule has 0 radical (unpaired) electrons. The summed E-state index contributed by atoms with van der Waals surface area (Å²) in [5.74, 6) is -0.323. The molecule has 1 N–H and O–H groups in total. The third-order valence-electron chi connectivity index (χ3n) is 3.22. The Balaban J connectivity index is 1.96. The summed E-state index contributed by atoms with van der Waals surface area (Å²) in [5.41, 5.74) is 2.82. The molecule has 0 aliphatic rings. The molecule has 2 aromatic heterocycles. The third-order valence-corrected chi connectivity index (χ3v) is 4.26. The highest BCUT2D eigenvalue weighted by Crippen LogP contribution is 2.28. The molecule has 1 aromatic carbocycles. The van der Waals surface area contributed by atoms with Crippen molar-refractivity contribution in [1.29, 1.82) is 0 Å². The summed E-state index contributed by atoms with van der Waals surface area (Å²) < 4.78 is 4.97. The predicted octanol–water partition coefficient (Wildman–Crippen LogP) is 3.82. The van der Waals surface area contributed by atoms with E-state index in [1.165, 1.54) is 7.11 Å². The number of nitrogens with one attached hydrogen (secondary N) is 1. The Labute approximate surface area is 147 Å². The van der Waals surface area contributed by atoms with Crippen LogP contribution in [0.1, 0.15) is 16.1 Å². The van der Waals surface area contributed by atoms with Crippen molar-refractivity contribution in [2.45, 2.75) is 6.92 Å². The van der Waals surface area contributed by atoms with E-state index in [2.05, 4.69) is 20.5 Å². The number of hydrogen-bond donors (Lipinski definition) is 1. The Morgan fingerprint density at radius 2 is 2.12 bits per heavy atom. The summed E-state index contributed by atoms with van der Waals surface area (Å²) in [6.07, 6.45) is 1.54. The Bertz CT molecular complexity index is 897. The van der Waals surface area contributed by atoms with Crippen LogP contribution in [0.2, 0.25) is 5.02 Å². The first-order valence-corrected chi connectivity index (χ1v) is 8.17. The lowest BCUT2D eigenvalue weighted by molar-refractivity contribution is 0.102. The first-order valence-electron chi connectivity index (χ1n) is 6.98. The van der Waals surface area contributed by atoms with Crippen LogP contribution in [0, 0.1) is 6.92 Å². The van der Waals surface area contributed by atoms with Gasteiger partial charge in [0.05, 0.1) is 12.7 Å². The van der Waals surface area contributed by atoms with Crippen molar-refractivity contribution in [3.63, 3.8) is 0 Å². The van der Waals surface area contributed by atoms with Gasteiger partial charge in [0.2, 0.25) is 5.13 Å². The van der Waals surface area contributed by atoms with E-state index < -0.39 is 0 Å². The molecule has 3 rings (SSSR count). The van der Waals surface area contributed by atoms with Gasteiger partial charge >= 0.3 is 0 Å². The summed E-state index contributed by atoms with van der Waals surface area (Å²) >= 11 is 7.21. The first-order chi connectivity index (χ1) is 11.6. The molecule has 122 valence electrons. The SMILES string of the molecule is COc1nnc(NC(=O)c2cnc(C)cc2-c2cccc(Cl)c2)s1. The number of amides is 1. The predicted molar refractivity (Wildman–Crippen MR) is 93.8 cm³/mol. The maximum atomic E-state index is 12.6. The van der Waals surface area contributed by atoms with Gasteiger partial charge in [-0.1, -0.05) is 28.8 Å². The van der Waals surface area contributed by atoms with E-state index in [-0.39, 0.29) is 5.91 Å². The van der Waals surface area contributed by atoms with Crippen molar-refractivity contribution >= 4 is 34.0 Å². The van der Waals surface area contributed by atoms with Crippen LogP contribution in [0.15, 0.2) is 36.5 Å². The molecule has 24 heavy (non-hydrogen) atoms. The lowest BCUT2D eigenvalue weighted by atomic mass is 10.0. The van der Waals surface area contributed by atoms with Gasteiger partial charge in [0, 0.05) is 16.9 Å².